The molecule has 0 spiro atoms. The Balaban J connectivity index is 1.28. The molecular weight excluding hydrogens is 370 g/mol. The van der Waals surface area contributed by atoms with Crippen LogP contribution in [-0.4, -0.2) is 37.7 Å². The van der Waals surface area contributed by atoms with E-state index in [1.54, 1.807) is 0 Å². The number of carbonyl (C=O) groups is 2. The average molecular weight is 395 g/mol. The maximum atomic E-state index is 12.9. The zero-order valence-electron chi connectivity index (χ0n) is 16.3. The molecule has 0 radical (unpaired) electrons. The predicted octanol–water partition coefficient (Wildman–Crippen LogP) is 3.00. The first-order valence-corrected chi connectivity index (χ1v) is 10.1. The van der Waals surface area contributed by atoms with Gasteiger partial charge in [0.2, 0.25) is 0 Å². The van der Waals surface area contributed by atoms with E-state index in [-0.39, 0.29) is 31.1 Å². The van der Waals surface area contributed by atoms with E-state index in [4.69, 9.17) is 14.2 Å². The van der Waals surface area contributed by atoms with Gasteiger partial charge in [-0.3, -0.25) is 9.59 Å². The average Bonchev–Trinajstić information content (AvgIpc) is 3.28. The smallest absolute Gasteiger partial charge is 0.317 e. The fourth-order valence-corrected chi connectivity index (χ4v) is 4.06. The van der Waals surface area contributed by atoms with E-state index in [2.05, 4.69) is 5.32 Å². The number of nitrogens with one attached hydrogen (secondary N) is 1. The lowest BCUT2D eigenvalue weighted by Crippen LogP contribution is -2.43. The van der Waals surface area contributed by atoms with Gasteiger partial charge in [-0.05, 0) is 30.5 Å². The minimum atomic E-state index is -0.633. The SMILES string of the molecule is O=C(COC(=O)C1(c2ccccc2)CCCC1)NC[C@@H]1COc2ccccc2O1. The molecule has 29 heavy (non-hydrogen) atoms. The Morgan fingerprint density at radius 2 is 1.69 bits per heavy atom. The van der Waals surface area contributed by atoms with Gasteiger partial charge in [0.1, 0.15) is 12.7 Å². The quantitative estimate of drug-likeness (QED) is 0.761. The second-order valence-electron chi connectivity index (χ2n) is 7.53. The maximum absolute atomic E-state index is 12.9. The van der Waals surface area contributed by atoms with Crippen molar-refractivity contribution in [2.45, 2.75) is 37.2 Å². The molecule has 1 atom stereocenters. The van der Waals surface area contributed by atoms with Crippen molar-refractivity contribution in [2.75, 3.05) is 19.8 Å². The maximum Gasteiger partial charge on any atom is 0.317 e. The molecule has 1 aliphatic heterocycles. The Hall–Kier alpha value is -3.02. The van der Waals surface area contributed by atoms with Crippen LogP contribution in [-0.2, 0) is 19.7 Å². The lowest BCUT2D eigenvalue weighted by Gasteiger charge is -2.27. The molecule has 1 aliphatic carbocycles. The molecule has 2 aromatic carbocycles. The summed E-state index contributed by atoms with van der Waals surface area (Å²) in [5, 5.41) is 2.76. The fraction of sp³-hybridized carbons (Fsp3) is 0.391. The Morgan fingerprint density at radius 3 is 2.45 bits per heavy atom. The summed E-state index contributed by atoms with van der Waals surface area (Å²) >= 11 is 0. The molecule has 2 aromatic rings. The highest BCUT2D eigenvalue weighted by atomic mass is 16.6. The van der Waals surface area contributed by atoms with Gasteiger partial charge in [0, 0.05) is 0 Å². The molecule has 6 nitrogen and oxygen atoms in total. The summed E-state index contributed by atoms with van der Waals surface area (Å²) < 4.78 is 16.9. The topological polar surface area (TPSA) is 73.9 Å². The molecular formula is C23H25NO5. The molecule has 1 fully saturated rings. The van der Waals surface area contributed by atoms with Crippen LogP contribution in [0.1, 0.15) is 31.2 Å². The highest BCUT2D eigenvalue weighted by molar-refractivity contribution is 5.86. The zero-order valence-corrected chi connectivity index (χ0v) is 16.3. The number of benzene rings is 2. The lowest BCUT2D eigenvalue weighted by molar-refractivity contribution is -0.154. The number of carbonyl (C=O) groups excluding carboxylic acids is 2. The van der Waals surface area contributed by atoms with Crippen LogP contribution in [0.25, 0.3) is 0 Å². The second-order valence-corrected chi connectivity index (χ2v) is 7.53. The molecule has 1 heterocycles. The zero-order chi connectivity index (χ0) is 20.1. The van der Waals surface area contributed by atoms with Crippen LogP contribution >= 0.6 is 0 Å². The normalized spacial score (nSPS) is 19.4. The van der Waals surface area contributed by atoms with Gasteiger partial charge in [0.15, 0.2) is 18.1 Å². The largest absolute Gasteiger partial charge is 0.486 e. The minimum absolute atomic E-state index is 0.282. The first-order valence-electron chi connectivity index (χ1n) is 10.1. The van der Waals surface area contributed by atoms with E-state index < -0.39 is 5.41 Å². The second kappa shape index (κ2) is 8.55. The monoisotopic (exact) mass is 395 g/mol. The number of fused-ring (bicyclic) bond motifs is 1. The van der Waals surface area contributed by atoms with Crippen molar-refractivity contribution in [2.24, 2.45) is 0 Å². The van der Waals surface area contributed by atoms with Crippen molar-refractivity contribution in [1.29, 1.82) is 0 Å². The van der Waals surface area contributed by atoms with Gasteiger partial charge in [-0.15, -0.1) is 0 Å². The number of amides is 1. The number of para-hydroxylation sites is 2. The van der Waals surface area contributed by atoms with Gasteiger partial charge in [-0.25, -0.2) is 0 Å². The van der Waals surface area contributed by atoms with Crippen molar-refractivity contribution in [3.8, 4) is 11.5 Å². The summed E-state index contributed by atoms with van der Waals surface area (Å²) in [6.45, 7) is 0.348. The number of ether oxygens (including phenoxy) is 3. The van der Waals surface area contributed by atoms with Crippen molar-refractivity contribution in [1.82, 2.24) is 5.32 Å². The van der Waals surface area contributed by atoms with E-state index in [0.717, 1.165) is 31.2 Å². The third kappa shape index (κ3) is 4.21. The predicted molar refractivity (Wildman–Crippen MR) is 107 cm³/mol. The molecule has 0 aromatic heterocycles. The van der Waals surface area contributed by atoms with Gasteiger partial charge in [-0.2, -0.15) is 0 Å². The van der Waals surface area contributed by atoms with Crippen molar-refractivity contribution in [3.63, 3.8) is 0 Å². The summed E-state index contributed by atoms with van der Waals surface area (Å²) in [5.41, 5.74) is 0.334. The number of rotatable bonds is 6. The number of hydrogen-bond acceptors (Lipinski definition) is 5. The molecule has 6 heteroatoms. The van der Waals surface area contributed by atoms with Crippen LogP contribution in [0.15, 0.2) is 54.6 Å². The van der Waals surface area contributed by atoms with E-state index in [9.17, 15) is 9.59 Å². The molecule has 4 rings (SSSR count). The minimum Gasteiger partial charge on any atom is -0.486 e. The highest BCUT2D eigenvalue weighted by Gasteiger charge is 2.44. The van der Waals surface area contributed by atoms with E-state index in [1.807, 2.05) is 54.6 Å². The molecule has 1 saturated carbocycles. The third-order valence-corrected chi connectivity index (χ3v) is 5.60. The molecule has 1 N–H and O–H groups in total. The van der Waals surface area contributed by atoms with Gasteiger partial charge >= 0.3 is 5.97 Å². The fourth-order valence-electron chi connectivity index (χ4n) is 4.06. The van der Waals surface area contributed by atoms with Crippen LogP contribution < -0.4 is 14.8 Å². The standard InChI is InChI=1S/C23H25NO5/c25-21(24-14-18-15-27-19-10-4-5-11-20(19)29-18)16-28-22(26)23(12-6-7-13-23)17-8-2-1-3-9-17/h1-5,8-11,18H,6-7,12-16H2,(H,24,25)/t18-/m1/s1. The number of hydrogen-bond donors (Lipinski definition) is 1. The van der Waals surface area contributed by atoms with Gasteiger partial charge in [0.05, 0.1) is 12.0 Å². The van der Waals surface area contributed by atoms with Crippen molar-refractivity contribution >= 4 is 11.9 Å². The van der Waals surface area contributed by atoms with Crippen molar-refractivity contribution in [3.05, 3.63) is 60.2 Å². The van der Waals surface area contributed by atoms with Crippen LogP contribution in [0.5, 0.6) is 11.5 Å². The van der Waals surface area contributed by atoms with Gasteiger partial charge in [0.25, 0.3) is 5.91 Å². The van der Waals surface area contributed by atoms with E-state index in [1.165, 1.54) is 0 Å². The van der Waals surface area contributed by atoms with Crippen LogP contribution in [0.2, 0.25) is 0 Å². The summed E-state index contributed by atoms with van der Waals surface area (Å²) in [7, 11) is 0. The molecule has 1 amide bonds. The first kappa shape index (κ1) is 19.3. The van der Waals surface area contributed by atoms with Crippen molar-refractivity contribution < 1.29 is 23.8 Å². The Bertz CT molecular complexity index is 861. The Labute approximate surface area is 170 Å². The lowest BCUT2D eigenvalue weighted by atomic mass is 9.79. The first-order chi connectivity index (χ1) is 14.2. The van der Waals surface area contributed by atoms with E-state index in [0.29, 0.717) is 18.1 Å². The molecule has 2 aliphatic rings. The summed E-state index contributed by atoms with van der Waals surface area (Å²) in [6, 6.07) is 17.1. The number of esters is 1. The molecule has 0 unspecified atom stereocenters. The molecule has 0 saturated heterocycles. The van der Waals surface area contributed by atoms with Crippen LogP contribution in [0.4, 0.5) is 0 Å². The van der Waals surface area contributed by atoms with Crippen LogP contribution in [0.3, 0.4) is 0 Å². The van der Waals surface area contributed by atoms with Gasteiger partial charge in [-0.1, -0.05) is 55.3 Å². The Kier molecular flexibility index (Phi) is 5.69. The molecule has 152 valence electrons. The Morgan fingerprint density at radius 1 is 1.00 bits per heavy atom. The van der Waals surface area contributed by atoms with Crippen LogP contribution in [0, 0.1) is 0 Å². The molecule has 0 bridgehead atoms. The summed E-state index contributed by atoms with van der Waals surface area (Å²) in [4.78, 5) is 25.1. The highest BCUT2D eigenvalue weighted by Crippen LogP contribution is 2.42. The van der Waals surface area contributed by atoms with E-state index >= 15 is 0 Å². The third-order valence-electron chi connectivity index (χ3n) is 5.60. The summed E-state index contributed by atoms with van der Waals surface area (Å²) in [5.74, 6) is 0.701. The summed E-state index contributed by atoms with van der Waals surface area (Å²) in [6.07, 6.45) is 3.19. The van der Waals surface area contributed by atoms with Gasteiger partial charge < -0.3 is 19.5 Å².